The van der Waals surface area contributed by atoms with Gasteiger partial charge in [0.2, 0.25) is 0 Å². The van der Waals surface area contributed by atoms with Crippen molar-refractivity contribution in [2.75, 3.05) is 11.9 Å². The van der Waals surface area contributed by atoms with Crippen LogP contribution in [0.5, 0.6) is 0 Å². The first-order chi connectivity index (χ1) is 11.8. The zero-order chi connectivity index (χ0) is 18.6. The van der Waals surface area contributed by atoms with E-state index >= 15 is 0 Å². The Balaban J connectivity index is 1.99. The van der Waals surface area contributed by atoms with Crippen molar-refractivity contribution in [2.45, 2.75) is 13.8 Å². The molecule has 0 unspecified atom stereocenters. The van der Waals surface area contributed by atoms with Gasteiger partial charge in [-0.25, -0.2) is 9.78 Å². The Hall–Kier alpha value is -3.00. The number of esters is 1. The molecule has 130 valence electrons. The highest BCUT2D eigenvalue weighted by molar-refractivity contribution is 6.32. The van der Waals surface area contributed by atoms with Gasteiger partial charge in [0.15, 0.2) is 6.61 Å². The Morgan fingerprint density at radius 1 is 1.32 bits per heavy atom. The van der Waals surface area contributed by atoms with Crippen molar-refractivity contribution in [1.29, 1.82) is 0 Å². The lowest BCUT2D eigenvalue weighted by Gasteiger charge is -2.09. The summed E-state index contributed by atoms with van der Waals surface area (Å²) in [6, 6.07) is 7.08. The fraction of sp³-hybridized carbons (Fsp3) is 0.188. The average Bonchev–Trinajstić information content (AvgIpc) is 2.52. The van der Waals surface area contributed by atoms with E-state index in [1.807, 2.05) is 0 Å². The maximum absolute atomic E-state index is 12.1. The number of nitro benzene ring substituents is 1. The van der Waals surface area contributed by atoms with Gasteiger partial charge in [0.05, 0.1) is 10.5 Å². The van der Waals surface area contributed by atoms with E-state index in [1.165, 1.54) is 24.3 Å². The molecular weight excluding hydrogens is 350 g/mol. The van der Waals surface area contributed by atoms with Crippen LogP contribution in [0.3, 0.4) is 0 Å². The zero-order valence-corrected chi connectivity index (χ0v) is 14.2. The topological polar surface area (TPSA) is 111 Å². The molecule has 0 aliphatic carbocycles. The number of nitro groups is 1. The number of carbonyl (C=O) groups is 2. The Morgan fingerprint density at radius 3 is 2.68 bits per heavy atom. The molecule has 1 amide bonds. The fourth-order valence-corrected chi connectivity index (χ4v) is 2.49. The second kappa shape index (κ2) is 7.71. The molecule has 0 bridgehead atoms. The number of anilines is 1. The monoisotopic (exact) mass is 363 g/mol. The van der Waals surface area contributed by atoms with Gasteiger partial charge in [-0.05, 0) is 31.5 Å². The normalized spacial score (nSPS) is 10.2. The summed E-state index contributed by atoms with van der Waals surface area (Å²) in [4.78, 5) is 38.0. The molecule has 0 aliphatic heterocycles. The third-order valence-corrected chi connectivity index (χ3v) is 3.45. The Labute approximate surface area is 147 Å². The lowest BCUT2D eigenvalue weighted by atomic mass is 10.1. The Morgan fingerprint density at radius 2 is 2.04 bits per heavy atom. The van der Waals surface area contributed by atoms with Crippen molar-refractivity contribution in [1.82, 2.24) is 4.98 Å². The number of amides is 1. The molecule has 1 aromatic heterocycles. The molecule has 0 saturated carbocycles. The van der Waals surface area contributed by atoms with Crippen LogP contribution in [-0.2, 0) is 9.53 Å². The number of aromatic nitrogens is 1. The predicted molar refractivity (Wildman–Crippen MR) is 90.7 cm³/mol. The van der Waals surface area contributed by atoms with Gasteiger partial charge >= 0.3 is 5.97 Å². The standard InChI is InChI=1S/C16H14ClN3O5/c1-9-6-10(2)18-15(17)14(9)16(22)25-8-13(21)19-11-4-3-5-12(7-11)20(23)24/h3-7H,8H2,1-2H3,(H,19,21). The lowest BCUT2D eigenvalue weighted by Crippen LogP contribution is -2.21. The first-order valence-corrected chi connectivity index (χ1v) is 7.51. The molecule has 2 aromatic rings. The highest BCUT2D eigenvalue weighted by Gasteiger charge is 2.18. The van der Waals surface area contributed by atoms with E-state index < -0.39 is 23.4 Å². The first kappa shape index (κ1) is 18.3. The summed E-state index contributed by atoms with van der Waals surface area (Å²) in [7, 11) is 0. The average molecular weight is 364 g/mol. The highest BCUT2D eigenvalue weighted by Crippen LogP contribution is 2.20. The van der Waals surface area contributed by atoms with Crippen LogP contribution >= 0.6 is 11.6 Å². The molecule has 1 heterocycles. The van der Waals surface area contributed by atoms with Crippen molar-refractivity contribution >= 4 is 34.9 Å². The number of halogens is 1. The van der Waals surface area contributed by atoms with Crippen LogP contribution in [0.4, 0.5) is 11.4 Å². The van der Waals surface area contributed by atoms with E-state index in [1.54, 1.807) is 19.9 Å². The maximum atomic E-state index is 12.1. The van der Waals surface area contributed by atoms with Gasteiger partial charge in [-0.15, -0.1) is 0 Å². The second-order valence-corrected chi connectivity index (χ2v) is 5.54. The second-order valence-electron chi connectivity index (χ2n) is 5.18. The number of hydrogen-bond acceptors (Lipinski definition) is 6. The van der Waals surface area contributed by atoms with Gasteiger partial charge in [-0.1, -0.05) is 17.7 Å². The summed E-state index contributed by atoms with van der Waals surface area (Å²) < 4.78 is 4.93. The molecule has 0 fully saturated rings. The molecule has 1 aromatic carbocycles. The van der Waals surface area contributed by atoms with E-state index in [0.29, 0.717) is 11.3 Å². The van der Waals surface area contributed by atoms with Crippen molar-refractivity contribution in [3.05, 3.63) is 62.4 Å². The quantitative estimate of drug-likeness (QED) is 0.378. The maximum Gasteiger partial charge on any atom is 0.342 e. The molecule has 8 nitrogen and oxygen atoms in total. The number of nitrogens with zero attached hydrogens (tertiary/aromatic N) is 2. The zero-order valence-electron chi connectivity index (χ0n) is 13.4. The largest absolute Gasteiger partial charge is 0.452 e. The molecule has 0 saturated heterocycles. The van der Waals surface area contributed by atoms with Crippen LogP contribution in [0.1, 0.15) is 21.6 Å². The first-order valence-electron chi connectivity index (χ1n) is 7.13. The number of pyridine rings is 1. The molecule has 0 radical (unpaired) electrons. The Kier molecular flexibility index (Phi) is 5.66. The minimum Gasteiger partial charge on any atom is -0.452 e. The van der Waals surface area contributed by atoms with E-state index in [2.05, 4.69) is 10.3 Å². The molecule has 0 spiro atoms. The number of rotatable bonds is 5. The lowest BCUT2D eigenvalue weighted by molar-refractivity contribution is -0.384. The number of nitrogens with one attached hydrogen (secondary N) is 1. The summed E-state index contributed by atoms with van der Waals surface area (Å²) in [5, 5.41) is 13.1. The highest BCUT2D eigenvalue weighted by atomic mass is 35.5. The predicted octanol–water partition coefficient (Wildman–Crippen LogP) is 3.06. The van der Waals surface area contributed by atoms with E-state index in [0.717, 1.165) is 0 Å². The van der Waals surface area contributed by atoms with Crippen LogP contribution in [0.25, 0.3) is 0 Å². The van der Waals surface area contributed by atoms with Crippen LogP contribution in [0, 0.1) is 24.0 Å². The van der Waals surface area contributed by atoms with Gasteiger partial charge in [-0.3, -0.25) is 14.9 Å². The molecular formula is C16H14ClN3O5. The summed E-state index contributed by atoms with van der Waals surface area (Å²) in [6.45, 7) is 2.85. The number of non-ortho nitro benzene ring substituents is 1. The molecule has 2 rings (SSSR count). The smallest absolute Gasteiger partial charge is 0.342 e. The summed E-state index contributed by atoms with van der Waals surface area (Å²) in [5.74, 6) is -1.41. The van der Waals surface area contributed by atoms with E-state index in [4.69, 9.17) is 16.3 Å². The number of ether oxygens (including phenoxy) is 1. The SMILES string of the molecule is Cc1cc(C)c(C(=O)OCC(=O)Nc2cccc([N+](=O)[O-])c2)c(Cl)n1. The summed E-state index contributed by atoms with van der Waals surface area (Å²) >= 11 is 5.95. The van der Waals surface area contributed by atoms with Crippen LogP contribution < -0.4 is 5.32 Å². The van der Waals surface area contributed by atoms with Gasteiger partial charge in [-0.2, -0.15) is 0 Å². The minimum absolute atomic E-state index is 0.00147. The third kappa shape index (κ3) is 4.74. The minimum atomic E-state index is -0.774. The van der Waals surface area contributed by atoms with Gasteiger partial charge in [0.1, 0.15) is 5.15 Å². The van der Waals surface area contributed by atoms with Gasteiger partial charge in [0.25, 0.3) is 11.6 Å². The third-order valence-electron chi connectivity index (χ3n) is 3.18. The molecule has 25 heavy (non-hydrogen) atoms. The number of aryl methyl sites for hydroxylation is 2. The van der Waals surface area contributed by atoms with Crippen molar-refractivity contribution in [3.8, 4) is 0 Å². The number of hydrogen-bond donors (Lipinski definition) is 1. The van der Waals surface area contributed by atoms with Crippen LogP contribution in [0.15, 0.2) is 30.3 Å². The van der Waals surface area contributed by atoms with Gasteiger partial charge in [0, 0.05) is 23.5 Å². The van der Waals surface area contributed by atoms with E-state index in [9.17, 15) is 19.7 Å². The van der Waals surface area contributed by atoms with Crippen LogP contribution in [-0.4, -0.2) is 28.4 Å². The van der Waals surface area contributed by atoms with Gasteiger partial charge < -0.3 is 10.1 Å². The molecule has 0 atom stereocenters. The van der Waals surface area contributed by atoms with Crippen molar-refractivity contribution in [3.63, 3.8) is 0 Å². The summed E-state index contributed by atoms with van der Waals surface area (Å²) in [6.07, 6.45) is 0. The number of carbonyl (C=O) groups excluding carboxylic acids is 2. The fourth-order valence-electron chi connectivity index (χ4n) is 2.13. The number of benzene rings is 1. The molecule has 9 heteroatoms. The molecule has 1 N–H and O–H groups in total. The van der Waals surface area contributed by atoms with Crippen LogP contribution in [0.2, 0.25) is 5.15 Å². The van der Waals surface area contributed by atoms with Crippen molar-refractivity contribution in [2.24, 2.45) is 0 Å². The van der Waals surface area contributed by atoms with E-state index in [-0.39, 0.29) is 22.1 Å². The summed E-state index contributed by atoms with van der Waals surface area (Å²) in [5.41, 5.74) is 1.39. The molecule has 0 aliphatic rings. The Bertz CT molecular complexity index is 830. The van der Waals surface area contributed by atoms with Crippen molar-refractivity contribution < 1.29 is 19.2 Å².